The summed E-state index contributed by atoms with van der Waals surface area (Å²) in [7, 11) is -1.69. The maximum atomic E-state index is 11.9. The van der Waals surface area contributed by atoms with Gasteiger partial charge in [-0.15, -0.1) is 0 Å². The molecule has 1 aromatic carbocycles. The zero-order valence-electron chi connectivity index (χ0n) is 15.5. The van der Waals surface area contributed by atoms with E-state index in [-0.39, 0.29) is 16.9 Å². The van der Waals surface area contributed by atoms with E-state index in [4.69, 9.17) is 9.16 Å². The molecular weight excluding hydrogens is 304 g/mol. The molecule has 1 atom stereocenters. The normalized spacial score (nSPS) is 13.7. The second-order valence-corrected chi connectivity index (χ2v) is 12.7. The minimum absolute atomic E-state index is 0.131. The fourth-order valence-electron chi connectivity index (χ4n) is 1.92. The van der Waals surface area contributed by atoms with Crippen molar-refractivity contribution in [1.29, 1.82) is 0 Å². The second-order valence-electron chi connectivity index (χ2n) is 7.85. The minimum atomic E-state index is -1.69. The van der Waals surface area contributed by atoms with Gasteiger partial charge < -0.3 is 9.16 Å². The molecule has 0 aromatic heterocycles. The highest BCUT2D eigenvalue weighted by Crippen LogP contribution is 2.36. The molecule has 0 heterocycles. The van der Waals surface area contributed by atoms with Crippen LogP contribution in [0.15, 0.2) is 30.3 Å². The molecule has 0 spiro atoms. The largest absolute Gasteiger partial charge is 0.461 e. The Hall–Kier alpha value is -1.13. The molecule has 0 fully saturated rings. The van der Waals surface area contributed by atoms with E-state index in [9.17, 15) is 4.79 Å². The van der Waals surface area contributed by atoms with Crippen molar-refractivity contribution in [2.75, 3.05) is 6.61 Å². The molecule has 0 unspecified atom stereocenters. The van der Waals surface area contributed by atoms with Gasteiger partial charge in [0.05, 0.1) is 0 Å². The number of hydrogen-bond donors (Lipinski definition) is 0. The zero-order chi connectivity index (χ0) is 17.5. The van der Waals surface area contributed by atoms with Gasteiger partial charge in [0.15, 0.2) is 8.32 Å². The van der Waals surface area contributed by atoms with Crippen LogP contribution in [-0.2, 0) is 20.6 Å². The molecule has 0 bridgehead atoms. The Morgan fingerprint density at radius 2 is 1.78 bits per heavy atom. The molecule has 0 aliphatic rings. The first-order chi connectivity index (χ1) is 10.6. The third kappa shape index (κ3) is 7.31. The molecule has 0 saturated heterocycles. The Balaban J connectivity index is 2.25. The van der Waals surface area contributed by atoms with Gasteiger partial charge in [0, 0.05) is 13.0 Å². The number of hydrogen-bond acceptors (Lipinski definition) is 3. The van der Waals surface area contributed by atoms with Gasteiger partial charge in [-0.1, -0.05) is 58.0 Å². The summed E-state index contributed by atoms with van der Waals surface area (Å²) >= 11 is 0. The summed E-state index contributed by atoms with van der Waals surface area (Å²) in [6, 6.07) is 9.78. The van der Waals surface area contributed by atoms with Crippen LogP contribution >= 0.6 is 0 Å². The van der Waals surface area contributed by atoms with Crippen molar-refractivity contribution >= 4 is 14.3 Å². The van der Waals surface area contributed by atoms with E-state index in [0.717, 1.165) is 18.6 Å². The monoisotopic (exact) mass is 336 g/mol. The third-order valence-corrected chi connectivity index (χ3v) is 9.18. The molecule has 1 rings (SSSR count). The highest BCUT2D eigenvalue weighted by Gasteiger charge is 2.36. The van der Waals surface area contributed by atoms with Crippen LogP contribution in [0.4, 0.5) is 0 Å². The van der Waals surface area contributed by atoms with Gasteiger partial charge >= 0.3 is 5.97 Å². The lowest BCUT2D eigenvalue weighted by atomic mass is 10.1. The minimum Gasteiger partial charge on any atom is -0.461 e. The maximum absolute atomic E-state index is 11.9. The van der Waals surface area contributed by atoms with Crippen LogP contribution in [0, 0.1) is 5.92 Å². The average Bonchev–Trinajstić information content (AvgIpc) is 2.45. The fraction of sp³-hybridized carbons (Fsp3) is 0.632. The van der Waals surface area contributed by atoms with E-state index in [1.807, 2.05) is 30.3 Å². The van der Waals surface area contributed by atoms with Gasteiger partial charge in [-0.2, -0.15) is 0 Å². The quantitative estimate of drug-likeness (QED) is 0.485. The number of esters is 1. The summed E-state index contributed by atoms with van der Waals surface area (Å²) in [4.78, 5) is 11.9. The van der Waals surface area contributed by atoms with Crippen molar-refractivity contribution < 1.29 is 14.0 Å². The van der Waals surface area contributed by atoms with Gasteiger partial charge in [-0.25, -0.2) is 0 Å². The van der Waals surface area contributed by atoms with Crippen molar-refractivity contribution in [1.82, 2.24) is 0 Å². The van der Waals surface area contributed by atoms with Crippen LogP contribution in [0.25, 0.3) is 0 Å². The first kappa shape index (κ1) is 19.9. The molecule has 130 valence electrons. The Kier molecular flexibility index (Phi) is 7.48. The predicted octanol–water partition coefficient (Wildman–Crippen LogP) is 5.17. The smallest absolute Gasteiger partial charge is 0.306 e. The van der Waals surface area contributed by atoms with Crippen LogP contribution in [0.5, 0.6) is 0 Å². The van der Waals surface area contributed by atoms with E-state index in [2.05, 4.69) is 40.8 Å². The zero-order valence-corrected chi connectivity index (χ0v) is 16.5. The van der Waals surface area contributed by atoms with Crippen molar-refractivity contribution in [3.8, 4) is 0 Å². The van der Waals surface area contributed by atoms with Crippen LogP contribution in [0.3, 0.4) is 0 Å². The summed E-state index contributed by atoms with van der Waals surface area (Å²) in [5, 5.41) is 0.227. The Labute approximate surface area is 142 Å². The lowest BCUT2D eigenvalue weighted by molar-refractivity contribution is -0.146. The van der Waals surface area contributed by atoms with E-state index in [1.54, 1.807) is 0 Å². The summed E-state index contributed by atoms with van der Waals surface area (Å²) < 4.78 is 11.5. The first-order valence-electron chi connectivity index (χ1n) is 8.45. The third-order valence-electron chi connectivity index (χ3n) is 4.64. The first-order valence-corrected chi connectivity index (χ1v) is 11.4. The number of benzene rings is 1. The van der Waals surface area contributed by atoms with Gasteiger partial charge in [0.25, 0.3) is 0 Å². The highest BCUT2D eigenvalue weighted by atomic mass is 28.4. The lowest BCUT2D eigenvalue weighted by Crippen LogP contribution is -2.41. The molecular formula is C19H32O3Si. The maximum Gasteiger partial charge on any atom is 0.306 e. The average molecular weight is 337 g/mol. The van der Waals surface area contributed by atoms with Gasteiger partial charge in [0.1, 0.15) is 6.61 Å². The van der Waals surface area contributed by atoms with E-state index < -0.39 is 8.32 Å². The molecule has 0 aliphatic heterocycles. The van der Waals surface area contributed by atoms with Crippen LogP contribution < -0.4 is 0 Å². The van der Waals surface area contributed by atoms with Crippen molar-refractivity contribution in [2.45, 2.75) is 65.3 Å². The Bertz CT molecular complexity index is 477. The topological polar surface area (TPSA) is 35.5 Å². The van der Waals surface area contributed by atoms with Gasteiger partial charge in [0.2, 0.25) is 0 Å². The SMILES string of the molecule is C[C@@H](CCO[Si](C)(C)C(C)(C)C)CC(=O)OCc1ccccc1. The number of ether oxygens (including phenoxy) is 1. The van der Waals surface area contributed by atoms with Crippen molar-refractivity contribution in [3.05, 3.63) is 35.9 Å². The molecule has 23 heavy (non-hydrogen) atoms. The summed E-state index contributed by atoms with van der Waals surface area (Å²) in [5.41, 5.74) is 1.02. The number of carbonyl (C=O) groups excluding carboxylic acids is 1. The van der Waals surface area contributed by atoms with E-state index >= 15 is 0 Å². The van der Waals surface area contributed by atoms with Crippen LogP contribution in [0.2, 0.25) is 18.1 Å². The van der Waals surface area contributed by atoms with Gasteiger partial charge in [-0.3, -0.25) is 4.79 Å². The second kappa shape index (κ2) is 8.64. The predicted molar refractivity (Wildman–Crippen MR) is 97.8 cm³/mol. The highest BCUT2D eigenvalue weighted by molar-refractivity contribution is 6.74. The van der Waals surface area contributed by atoms with E-state index in [0.29, 0.717) is 13.0 Å². The Morgan fingerprint density at radius 3 is 2.35 bits per heavy atom. The summed E-state index contributed by atoms with van der Waals surface area (Å²) in [6.45, 7) is 14.4. The molecule has 3 nitrogen and oxygen atoms in total. The Morgan fingerprint density at radius 1 is 1.17 bits per heavy atom. The molecule has 4 heteroatoms. The van der Waals surface area contributed by atoms with Crippen molar-refractivity contribution in [3.63, 3.8) is 0 Å². The molecule has 0 saturated carbocycles. The number of rotatable bonds is 8. The molecule has 0 radical (unpaired) electrons. The molecule has 0 amide bonds. The standard InChI is InChI=1S/C19H32O3Si/c1-16(12-13-22-23(5,6)19(2,3)4)14-18(20)21-15-17-10-8-7-9-11-17/h7-11,16H,12-15H2,1-6H3/t16-/m0/s1. The van der Waals surface area contributed by atoms with Crippen LogP contribution in [-0.4, -0.2) is 20.9 Å². The lowest BCUT2D eigenvalue weighted by Gasteiger charge is -2.36. The summed E-state index contributed by atoms with van der Waals surface area (Å²) in [5.74, 6) is 0.150. The van der Waals surface area contributed by atoms with Crippen molar-refractivity contribution in [2.24, 2.45) is 5.92 Å². The van der Waals surface area contributed by atoms with Gasteiger partial charge in [-0.05, 0) is 36.0 Å². The number of carbonyl (C=O) groups is 1. The van der Waals surface area contributed by atoms with E-state index in [1.165, 1.54) is 0 Å². The van der Waals surface area contributed by atoms with Crippen LogP contribution in [0.1, 0.15) is 46.1 Å². The fourth-order valence-corrected chi connectivity index (χ4v) is 2.98. The molecule has 0 N–H and O–H groups in total. The molecule has 1 aromatic rings. The summed E-state index contributed by atoms with van der Waals surface area (Å²) in [6.07, 6.45) is 1.35. The molecule has 0 aliphatic carbocycles.